The van der Waals surface area contributed by atoms with E-state index in [4.69, 9.17) is 9.52 Å². The first-order chi connectivity index (χ1) is 9.13. The number of hydrogen-bond donors (Lipinski definition) is 2. The summed E-state index contributed by atoms with van der Waals surface area (Å²) in [6.07, 6.45) is 0.632. The highest BCUT2D eigenvalue weighted by atomic mass is 79.9. The lowest BCUT2D eigenvalue weighted by Crippen LogP contribution is -2.34. The van der Waals surface area contributed by atoms with E-state index in [2.05, 4.69) is 20.7 Å². The molecule has 114 valence electrons. The van der Waals surface area contributed by atoms with Crippen molar-refractivity contribution in [3.63, 3.8) is 0 Å². The highest BCUT2D eigenvalue weighted by Crippen LogP contribution is 2.26. The Morgan fingerprint density at radius 1 is 1.55 bits per heavy atom. The predicted molar refractivity (Wildman–Crippen MR) is 76.3 cm³/mol. The number of sulfonamides is 1. The van der Waals surface area contributed by atoms with E-state index >= 15 is 0 Å². The largest absolute Gasteiger partial charge is 0.475 e. The molecule has 1 unspecified atom stereocenters. The van der Waals surface area contributed by atoms with Crippen molar-refractivity contribution in [3.05, 3.63) is 16.5 Å². The monoisotopic (exact) mass is 368 g/mol. The lowest BCUT2D eigenvalue weighted by atomic mass is 10.2. The summed E-state index contributed by atoms with van der Waals surface area (Å²) in [7, 11) is -0.0315. The molecule has 0 bridgehead atoms. The molecule has 1 heterocycles. The van der Waals surface area contributed by atoms with Crippen molar-refractivity contribution in [1.82, 2.24) is 9.62 Å². The van der Waals surface area contributed by atoms with Crippen LogP contribution >= 0.6 is 15.9 Å². The first-order valence-corrected chi connectivity index (χ1v) is 8.10. The van der Waals surface area contributed by atoms with Crippen molar-refractivity contribution in [2.45, 2.75) is 24.3 Å². The molecule has 2 N–H and O–H groups in total. The molecule has 0 aromatic carbocycles. The van der Waals surface area contributed by atoms with Crippen molar-refractivity contribution in [2.75, 3.05) is 20.6 Å². The zero-order valence-corrected chi connectivity index (χ0v) is 13.8. The normalized spacial score (nSPS) is 13.7. The summed E-state index contributed by atoms with van der Waals surface area (Å²) in [6.45, 7) is 2.48. The molecule has 0 spiro atoms. The highest BCUT2D eigenvalue weighted by Gasteiger charge is 2.26. The van der Waals surface area contributed by atoms with Crippen LogP contribution in [0.1, 0.15) is 23.9 Å². The van der Waals surface area contributed by atoms with Crippen molar-refractivity contribution < 1.29 is 22.7 Å². The number of nitrogens with zero attached hydrogens (tertiary/aromatic N) is 1. The van der Waals surface area contributed by atoms with E-state index in [0.29, 0.717) is 6.42 Å². The van der Waals surface area contributed by atoms with Gasteiger partial charge in [0.05, 0.1) is 0 Å². The maximum atomic E-state index is 12.1. The number of furan rings is 1. The summed E-state index contributed by atoms with van der Waals surface area (Å²) in [5.41, 5.74) is 0. The van der Waals surface area contributed by atoms with E-state index in [1.165, 1.54) is 0 Å². The molecule has 20 heavy (non-hydrogen) atoms. The second-order valence-corrected chi connectivity index (χ2v) is 7.07. The summed E-state index contributed by atoms with van der Waals surface area (Å²) in [6, 6.07) is 0.699. The Morgan fingerprint density at radius 3 is 2.60 bits per heavy atom. The second kappa shape index (κ2) is 6.70. The van der Waals surface area contributed by atoms with Crippen LogP contribution in [0.4, 0.5) is 0 Å². The highest BCUT2D eigenvalue weighted by molar-refractivity contribution is 9.10. The maximum Gasteiger partial charge on any atom is 0.371 e. The van der Waals surface area contributed by atoms with Crippen LogP contribution in [0.2, 0.25) is 0 Å². The van der Waals surface area contributed by atoms with Gasteiger partial charge in [0.2, 0.25) is 15.8 Å². The van der Waals surface area contributed by atoms with Crippen LogP contribution in [0.3, 0.4) is 0 Å². The van der Waals surface area contributed by atoms with Gasteiger partial charge in [0.15, 0.2) is 4.67 Å². The van der Waals surface area contributed by atoms with E-state index in [9.17, 15) is 13.2 Å². The third kappa shape index (κ3) is 4.58. The molecule has 0 aliphatic rings. The molecule has 0 fully saturated rings. The molecule has 0 aliphatic carbocycles. The van der Waals surface area contributed by atoms with Crippen molar-refractivity contribution in [1.29, 1.82) is 0 Å². The molecule has 0 aliphatic heterocycles. The van der Waals surface area contributed by atoms with E-state index in [1.807, 2.05) is 19.0 Å². The summed E-state index contributed by atoms with van der Waals surface area (Å²) in [5, 5.41) is 8.78. The van der Waals surface area contributed by atoms with Gasteiger partial charge in [-0.15, -0.1) is 0 Å². The quantitative estimate of drug-likeness (QED) is 0.753. The van der Waals surface area contributed by atoms with E-state index in [0.717, 1.165) is 12.6 Å². The average Bonchev–Trinajstić information content (AvgIpc) is 2.69. The number of rotatable bonds is 7. The minimum Gasteiger partial charge on any atom is -0.475 e. The Labute approximate surface area is 126 Å². The van der Waals surface area contributed by atoms with Gasteiger partial charge >= 0.3 is 5.97 Å². The zero-order chi connectivity index (χ0) is 15.5. The van der Waals surface area contributed by atoms with Crippen molar-refractivity contribution in [3.8, 4) is 0 Å². The molecule has 9 heteroatoms. The van der Waals surface area contributed by atoms with Crippen LogP contribution in [0.15, 0.2) is 20.0 Å². The molecule has 1 aromatic rings. The maximum absolute atomic E-state index is 12.1. The van der Waals surface area contributed by atoms with E-state index in [1.54, 1.807) is 6.92 Å². The molecule has 7 nitrogen and oxygen atoms in total. The van der Waals surface area contributed by atoms with Gasteiger partial charge in [-0.25, -0.2) is 17.9 Å². The minimum atomic E-state index is -3.82. The minimum absolute atomic E-state index is 0.123. The summed E-state index contributed by atoms with van der Waals surface area (Å²) < 4.78 is 31.5. The predicted octanol–water partition coefficient (Wildman–Crippen LogP) is 1.36. The smallest absolute Gasteiger partial charge is 0.371 e. The van der Waals surface area contributed by atoms with Gasteiger partial charge in [0.25, 0.3) is 0 Å². The van der Waals surface area contributed by atoms with Crippen molar-refractivity contribution >= 4 is 31.9 Å². The number of carbonyl (C=O) groups is 1. The molecule has 0 saturated carbocycles. The Balaban J connectivity index is 2.86. The number of carboxylic acid groups (broad SMARTS) is 1. The fourth-order valence-electron chi connectivity index (χ4n) is 1.48. The zero-order valence-electron chi connectivity index (χ0n) is 11.4. The van der Waals surface area contributed by atoms with Gasteiger partial charge in [0.1, 0.15) is 4.90 Å². The van der Waals surface area contributed by atoms with Crippen LogP contribution in [-0.4, -0.2) is 51.1 Å². The first-order valence-electron chi connectivity index (χ1n) is 5.83. The van der Waals surface area contributed by atoms with Crippen molar-refractivity contribution in [2.24, 2.45) is 0 Å². The number of nitrogens with one attached hydrogen (secondary N) is 1. The molecule has 1 atom stereocenters. The Kier molecular flexibility index (Phi) is 5.75. The molecular formula is C11H17BrN2O5S. The number of carboxylic acids is 1. The van der Waals surface area contributed by atoms with Gasteiger partial charge in [-0.1, -0.05) is 0 Å². The molecule has 0 radical (unpaired) electrons. The van der Waals surface area contributed by atoms with Crippen LogP contribution in [0.5, 0.6) is 0 Å². The van der Waals surface area contributed by atoms with Crippen LogP contribution < -0.4 is 4.72 Å². The Morgan fingerprint density at radius 2 is 2.15 bits per heavy atom. The summed E-state index contributed by atoms with van der Waals surface area (Å²) in [4.78, 5) is 12.5. The van der Waals surface area contributed by atoms with Gasteiger partial charge in [-0.2, -0.15) is 0 Å². The van der Waals surface area contributed by atoms with Crippen LogP contribution in [0.25, 0.3) is 0 Å². The summed E-state index contributed by atoms with van der Waals surface area (Å²) in [5.74, 6) is -1.76. The third-order valence-electron chi connectivity index (χ3n) is 2.52. The lowest BCUT2D eigenvalue weighted by Gasteiger charge is -2.16. The van der Waals surface area contributed by atoms with Gasteiger partial charge in [-0.3, -0.25) is 0 Å². The molecular weight excluding hydrogens is 352 g/mol. The SMILES string of the molecule is CC(CCN(C)C)NS(=O)(=O)c1cc(C(=O)O)oc1Br. The fourth-order valence-corrected chi connectivity index (χ4v) is 3.70. The molecule has 0 amide bonds. The molecule has 0 saturated heterocycles. The molecule has 1 aromatic heterocycles. The van der Waals surface area contributed by atoms with Crippen LogP contribution in [-0.2, 0) is 10.0 Å². The third-order valence-corrected chi connectivity index (χ3v) is 4.97. The average molecular weight is 369 g/mol. The fraction of sp³-hybridized carbons (Fsp3) is 0.545. The Hall–Kier alpha value is -0.900. The topological polar surface area (TPSA) is 99.9 Å². The standard InChI is InChI=1S/C11H17BrN2O5S/c1-7(4-5-14(2)3)13-20(17,18)9-6-8(11(15)16)19-10(9)12/h6-7,13H,4-5H2,1-3H3,(H,15,16). The number of aromatic carboxylic acids is 1. The van der Waals surface area contributed by atoms with Gasteiger partial charge < -0.3 is 14.4 Å². The van der Waals surface area contributed by atoms with Gasteiger partial charge in [-0.05, 0) is 49.9 Å². The lowest BCUT2D eigenvalue weighted by molar-refractivity contribution is 0.0661. The van der Waals surface area contributed by atoms with Crippen LogP contribution in [0, 0.1) is 0 Å². The first kappa shape index (κ1) is 17.2. The van der Waals surface area contributed by atoms with E-state index < -0.39 is 21.8 Å². The van der Waals surface area contributed by atoms with E-state index in [-0.39, 0.29) is 15.6 Å². The second-order valence-electron chi connectivity index (χ2n) is 4.67. The number of hydrogen-bond acceptors (Lipinski definition) is 5. The Bertz CT molecular complexity index is 582. The summed E-state index contributed by atoms with van der Waals surface area (Å²) >= 11 is 2.92. The number of halogens is 1. The van der Waals surface area contributed by atoms with Gasteiger partial charge in [0, 0.05) is 12.1 Å². The molecule has 1 rings (SSSR count).